The fourth-order valence-electron chi connectivity index (χ4n) is 2.10. The lowest BCUT2D eigenvalue weighted by Crippen LogP contribution is -2.56. The number of nitrogens with one attached hydrogen (secondary N) is 1. The molecule has 112 valence electrons. The van der Waals surface area contributed by atoms with Gasteiger partial charge in [0.25, 0.3) is 5.69 Å². The van der Waals surface area contributed by atoms with Crippen LogP contribution in [-0.4, -0.2) is 45.9 Å². The molecule has 21 heavy (non-hydrogen) atoms. The van der Waals surface area contributed by atoms with Crippen molar-refractivity contribution in [2.45, 2.75) is 12.6 Å². The van der Waals surface area contributed by atoms with Gasteiger partial charge in [0, 0.05) is 25.2 Å². The summed E-state index contributed by atoms with van der Waals surface area (Å²) in [4.78, 5) is 34.1. The second-order valence-electron chi connectivity index (χ2n) is 4.60. The van der Waals surface area contributed by atoms with Gasteiger partial charge in [-0.25, -0.2) is 0 Å². The predicted molar refractivity (Wildman–Crippen MR) is 72.9 cm³/mol. The van der Waals surface area contributed by atoms with E-state index in [0.717, 1.165) is 0 Å². The highest BCUT2D eigenvalue weighted by atomic mass is 35.5. The van der Waals surface area contributed by atoms with Gasteiger partial charge in [-0.1, -0.05) is 11.6 Å². The van der Waals surface area contributed by atoms with Gasteiger partial charge in [0.15, 0.2) is 0 Å². The quantitative estimate of drug-likeness (QED) is 0.623. The minimum atomic E-state index is -1.05. The highest BCUT2D eigenvalue weighted by molar-refractivity contribution is 6.31. The summed E-state index contributed by atoms with van der Waals surface area (Å²) >= 11 is 5.98. The van der Waals surface area contributed by atoms with E-state index in [-0.39, 0.29) is 36.3 Å². The first-order chi connectivity index (χ1) is 9.88. The monoisotopic (exact) mass is 313 g/mol. The lowest BCUT2D eigenvalue weighted by atomic mass is 10.1. The van der Waals surface area contributed by atoms with Crippen LogP contribution in [0.3, 0.4) is 0 Å². The summed E-state index contributed by atoms with van der Waals surface area (Å²) in [6.45, 7) is 0.0737. The standard InChI is InChI=1S/C12H12ClN3O5/c13-9-3-8(16(20)21)2-1-7(9)5-15-6-11(17)14-4-10(15)12(18)19/h1-3,10H,4-6H2,(H,14,17)(H,18,19). The molecule has 0 aliphatic carbocycles. The molecule has 0 aromatic heterocycles. The van der Waals surface area contributed by atoms with E-state index in [1.807, 2.05) is 0 Å². The fourth-order valence-corrected chi connectivity index (χ4v) is 2.33. The van der Waals surface area contributed by atoms with Gasteiger partial charge in [-0.15, -0.1) is 0 Å². The van der Waals surface area contributed by atoms with E-state index in [1.165, 1.54) is 23.1 Å². The number of piperazine rings is 1. The maximum Gasteiger partial charge on any atom is 0.322 e. The van der Waals surface area contributed by atoms with Gasteiger partial charge in [-0.3, -0.25) is 24.6 Å². The number of nitrogens with zero attached hydrogens (tertiary/aromatic N) is 2. The first-order valence-electron chi connectivity index (χ1n) is 6.05. The first-order valence-corrected chi connectivity index (χ1v) is 6.42. The zero-order valence-electron chi connectivity index (χ0n) is 10.8. The van der Waals surface area contributed by atoms with E-state index in [1.54, 1.807) is 0 Å². The molecule has 1 heterocycles. The zero-order valence-corrected chi connectivity index (χ0v) is 11.5. The van der Waals surface area contributed by atoms with Crippen molar-refractivity contribution in [3.05, 3.63) is 38.9 Å². The van der Waals surface area contributed by atoms with E-state index < -0.39 is 16.9 Å². The summed E-state index contributed by atoms with van der Waals surface area (Å²) in [6.07, 6.45) is 0. The zero-order chi connectivity index (χ0) is 15.6. The molecule has 1 atom stereocenters. The van der Waals surface area contributed by atoms with Crippen LogP contribution in [0, 0.1) is 10.1 Å². The summed E-state index contributed by atoms with van der Waals surface area (Å²) in [5.74, 6) is -1.32. The Balaban J connectivity index is 2.20. The second kappa shape index (κ2) is 6.06. The van der Waals surface area contributed by atoms with Crippen LogP contribution in [0.25, 0.3) is 0 Å². The normalized spacial score (nSPS) is 19.1. The third-order valence-electron chi connectivity index (χ3n) is 3.19. The first kappa shape index (κ1) is 15.2. The van der Waals surface area contributed by atoms with E-state index in [2.05, 4.69) is 5.32 Å². The number of amides is 1. The molecule has 1 saturated heterocycles. The number of carbonyl (C=O) groups is 2. The average molecular weight is 314 g/mol. The molecule has 1 aliphatic rings. The van der Waals surface area contributed by atoms with Crippen molar-refractivity contribution in [2.24, 2.45) is 0 Å². The molecule has 1 amide bonds. The minimum absolute atomic E-state index is 0.0127. The molecule has 1 aliphatic heterocycles. The average Bonchev–Trinajstić information content (AvgIpc) is 2.40. The van der Waals surface area contributed by atoms with Crippen LogP contribution in [0.1, 0.15) is 5.56 Å². The van der Waals surface area contributed by atoms with Gasteiger partial charge >= 0.3 is 5.97 Å². The number of halogens is 1. The van der Waals surface area contributed by atoms with E-state index in [4.69, 9.17) is 16.7 Å². The highest BCUT2D eigenvalue weighted by Gasteiger charge is 2.32. The molecule has 1 aromatic rings. The molecular weight excluding hydrogens is 302 g/mol. The van der Waals surface area contributed by atoms with Gasteiger partial charge in [0.05, 0.1) is 16.5 Å². The lowest BCUT2D eigenvalue weighted by molar-refractivity contribution is -0.384. The number of benzene rings is 1. The van der Waals surface area contributed by atoms with Crippen molar-refractivity contribution in [3.63, 3.8) is 0 Å². The van der Waals surface area contributed by atoms with Gasteiger partial charge in [0.1, 0.15) is 6.04 Å². The maximum absolute atomic E-state index is 11.4. The Hall–Kier alpha value is -2.19. The number of aliphatic carboxylic acids is 1. The van der Waals surface area contributed by atoms with Gasteiger partial charge in [-0.2, -0.15) is 0 Å². The Morgan fingerprint density at radius 3 is 2.86 bits per heavy atom. The number of nitro groups is 1. The summed E-state index contributed by atoms with van der Waals surface area (Å²) in [7, 11) is 0. The topological polar surface area (TPSA) is 113 Å². The maximum atomic E-state index is 11.4. The molecule has 0 radical (unpaired) electrons. The number of hydrogen-bond acceptors (Lipinski definition) is 5. The summed E-state index contributed by atoms with van der Waals surface area (Å²) in [5.41, 5.74) is 0.387. The molecule has 0 spiro atoms. The lowest BCUT2D eigenvalue weighted by Gasteiger charge is -2.32. The molecule has 9 heteroatoms. The van der Waals surface area contributed by atoms with Crippen LogP contribution in [0.15, 0.2) is 18.2 Å². The van der Waals surface area contributed by atoms with Crippen molar-refractivity contribution in [1.29, 1.82) is 0 Å². The predicted octanol–water partition coefficient (Wildman–Crippen LogP) is 0.633. The van der Waals surface area contributed by atoms with Crippen molar-refractivity contribution in [1.82, 2.24) is 10.2 Å². The summed E-state index contributed by atoms with van der Waals surface area (Å²) in [6, 6.07) is 3.11. The Morgan fingerprint density at radius 1 is 1.57 bits per heavy atom. The molecular formula is C12H12ClN3O5. The number of hydrogen-bond donors (Lipinski definition) is 2. The highest BCUT2D eigenvalue weighted by Crippen LogP contribution is 2.24. The molecule has 1 unspecified atom stereocenters. The minimum Gasteiger partial charge on any atom is -0.480 e. The third kappa shape index (κ3) is 3.47. The molecule has 2 N–H and O–H groups in total. The molecule has 2 rings (SSSR count). The molecule has 0 saturated carbocycles. The van der Waals surface area contributed by atoms with Gasteiger partial charge in [0.2, 0.25) is 5.91 Å². The third-order valence-corrected chi connectivity index (χ3v) is 3.54. The summed E-state index contributed by atoms with van der Waals surface area (Å²) < 4.78 is 0. The van der Waals surface area contributed by atoms with Crippen LogP contribution < -0.4 is 5.32 Å². The Bertz CT molecular complexity index is 607. The van der Waals surface area contributed by atoms with Crippen molar-refractivity contribution < 1.29 is 19.6 Å². The van der Waals surface area contributed by atoms with Crippen LogP contribution in [-0.2, 0) is 16.1 Å². The van der Waals surface area contributed by atoms with E-state index in [9.17, 15) is 19.7 Å². The van der Waals surface area contributed by atoms with E-state index >= 15 is 0 Å². The number of nitro benzene ring substituents is 1. The second-order valence-corrected chi connectivity index (χ2v) is 5.00. The molecule has 0 bridgehead atoms. The SMILES string of the molecule is O=C1CN(Cc2ccc([N+](=O)[O-])cc2Cl)C(C(=O)O)CN1. The molecule has 8 nitrogen and oxygen atoms in total. The van der Waals surface area contributed by atoms with Crippen molar-refractivity contribution >= 4 is 29.2 Å². The van der Waals surface area contributed by atoms with Gasteiger partial charge < -0.3 is 10.4 Å². The number of carboxylic acid groups (broad SMARTS) is 1. The van der Waals surface area contributed by atoms with Crippen molar-refractivity contribution in [2.75, 3.05) is 13.1 Å². The molecule has 1 aromatic carbocycles. The smallest absolute Gasteiger partial charge is 0.322 e. The van der Waals surface area contributed by atoms with Crippen LogP contribution in [0.5, 0.6) is 0 Å². The number of carboxylic acids is 1. The Morgan fingerprint density at radius 2 is 2.29 bits per heavy atom. The number of carbonyl (C=O) groups excluding carboxylic acids is 1. The van der Waals surface area contributed by atoms with Crippen LogP contribution in [0.4, 0.5) is 5.69 Å². The van der Waals surface area contributed by atoms with Crippen molar-refractivity contribution in [3.8, 4) is 0 Å². The summed E-state index contributed by atoms with van der Waals surface area (Å²) in [5, 5.41) is 22.4. The molecule has 1 fully saturated rings. The number of non-ortho nitro benzene ring substituents is 1. The fraction of sp³-hybridized carbons (Fsp3) is 0.333. The van der Waals surface area contributed by atoms with Crippen LogP contribution >= 0.6 is 11.6 Å². The van der Waals surface area contributed by atoms with Gasteiger partial charge in [-0.05, 0) is 11.6 Å². The Labute approximate surface area is 124 Å². The number of rotatable bonds is 4. The Kier molecular flexibility index (Phi) is 4.39. The van der Waals surface area contributed by atoms with Crippen LogP contribution in [0.2, 0.25) is 5.02 Å². The largest absolute Gasteiger partial charge is 0.480 e. The van der Waals surface area contributed by atoms with E-state index in [0.29, 0.717) is 5.56 Å².